The summed E-state index contributed by atoms with van der Waals surface area (Å²) in [5.41, 5.74) is 0.974. The molecule has 1 aromatic rings. The van der Waals surface area contributed by atoms with Gasteiger partial charge in [-0.1, -0.05) is 39.1 Å². The number of hydrogen-bond acceptors (Lipinski definition) is 2. The number of halogens is 3. The summed E-state index contributed by atoms with van der Waals surface area (Å²) in [6.07, 6.45) is 3.83. The zero-order valence-corrected chi connectivity index (χ0v) is 13.0. The van der Waals surface area contributed by atoms with Crippen molar-refractivity contribution in [1.29, 1.82) is 0 Å². The minimum Gasteiger partial charge on any atom is -0.367 e. The van der Waals surface area contributed by atoms with Crippen LogP contribution in [-0.4, -0.2) is 25.2 Å². The molecule has 2 aliphatic rings. The molecule has 1 saturated heterocycles. The van der Waals surface area contributed by atoms with E-state index in [4.69, 9.17) is 23.2 Å². The van der Waals surface area contributed by atoms with Crippen LogP contribution < -0.4 is 10.2 Å². The molecule has 1 saturated carbocycles. The van der Waals surface area contributed by atoms with E-state index >= 15 is 0 Å². The third-order valence-corrected chi connectivity index (χ3v) is 4.57. The molecule has 1 atom stereocenters. The highest BCUT2D eigenvalue weighted by atomic mass is 79.9. The highest BCUT2D eigenvalue weighted by Crippen LogP contribution is 2.38. The van der Waals surface area contributed by atoms with Crippen LogP contribution in [0.15, 0.2) is 16.6 Å². The first-order chi connectivity index (χ1) is 8.63. The number of benzene rings is 1. The summed E-state index contributed by atoms with van der Waals surface area (Å²) in [5, 5.41) is 5.11. The molecule has 1 N–H and O–H groups in total. The van der Waals surface area contributed by atoms with Gasteiger partial charge in [0.2, 0.25) is 0 Å². The summed E-state index contributed by atoms with van der Waals surface area (Å²) in [7, 11) is 0. The normalized spacial score (nSPS) is 23.7. The van der Waals surface area contributed by atoms with Gasteiger partial charge in [-0.25, -0.2) is 0 Å². The van der Waals surface area contributed by atoms with Crippen LogP contribution in [0.2, 0.25) is 10.0 Å². The largest absolute Gasteiger partial charge is 0.367 e. The Hall–Kier alpha value is 0.0400. The van der Waals surface area contributed by atoms with Crippen molar-refractivity contribution in [3.05, 3.63) is 26.7 Å². The molecule has 1 heterocycles. The average molecular weight is 350 g/mol. The Balaban J connectivity index is 1.75. The molecule has 0 aromatic heterocycles. The van der Waals surface area contributed by atoms with Gasteiger partial charge in [0.05, 0.1) is 15.7 Å². The van der Waals surface area contributed by atoms with E-state index in [-0.39, 0.29) is 0 Å². The summed E-state index contributed by atoms with van der Waals surface area (Å²) < 4.78 is 0.924. The van der Waals surface area contributed by atoms with Crippen molar-refractivity contribution in [2.45, 2.75) is 31.3 Å². The third-order valence-electron chi connectivity index (χ3n) is 3.53. The molecule has 1 aliphatic heterocycles. The quantitative estimate of drug-likeness (QED) is 0.884. The first kappa shape index (κ1) is 13.0. The van der Waals surface area contributed by atoms with Crippen LogP contribution in [0.5, 0.6) is 0 Å². The third kappa shape index (κ3) is 2.79. The minimum absolute atomic E-state index is 0.577. The van der Waals surface area contributed by atoms with Gasteiger partial charge in [-0.15, -0.1) is 0 Å². The first-order valence-electron chi connectivity index (χ1n) is 6.29. The maximum absolute atomic E-state index is 6.30. The van der Waals surface area contributed by atoms with E-state index < -0.39 is 0 Å². The van der Waals surface area contributed by atoms with Crippen LogP contribution in [-0.2, 0) is 0 Å². The molecule has 0 bridgehead atoms. The van der Waals surface area contributed by atoms with Crippen molar-refractivity contribution in [2.75, 3.05) is 18.0 Å². The lowest BCUT2D eigenvalue weighted by molar-refractivity contribution is 0.548. The Kier molecular flexibility index (Phi) is 3.77. The monoisotopic (exact) mass is 348 g/mol. The molecule has 0 radical (unpaired) electrons. The van der Waals surface area contributed by atoms with E-state index in [1.807, 2.05) is 12.1 Å². The van der Waals surface area contributed by atoms with Gasteiger partial charge in [0.25, 0.3) is 0 Å². The summed E-state index contributed by atoms with van der Waals surface area (Å²) in [5.74, 6) is 0. The molecular weight excluding hydrogens is 335 g/mol. The summed E-state index contributed by atoms with van der Waals surface area (Å²) in [6.45, 7) is 2.02. The summed E-state index contributed by atoms with van der Waals surface area (Å²) in [4.78, 5) is 2.29. The van der Waals surface area contributed by atoms with Crippen molar-refractivity contribution in [1.82, 2.24) is 5.32 Å². The molecule has 2 fully saturated rings. The van der Waals surface area contributed by atoms with Crippen LogP contribution in [0.25, 0.3) is 0 Å². The second-order valence-corrected chi connectivity index (χ2v) is 6.82. The van der Waals surface area contributed by atoms with Crippen LogP contribution in [0.1, 0.15) is 19.3 Å². The second-order valence-electron chi connectivity index (χ2n) is 5.09. The Morgan fingerprint density at radius 3 is 2.39 bits per heavy atom. The fourth-order valence-corrected chi connectivity index (χ4v) is 3.97. The van der Waals surface area contributed by atoms with Gasteiger partial charge in [-0.2, -0.15) is 0 Å². The number of hydrogen-bond donors (Lipinski definition) is 1. The van der Waals surface area contributed by atoms with Crippen molar-refractivity contribution in [2.24, 2.45) is 0 Å². The van der Waals surface area contributed by atoms with Gasteiger partial charge in [0, 0.05) is 29.6 Å². The number of nitrogens with zero attached hydrogens (tertiary/aromatic N) is 1. The molecule has 0 spiro atoms. The lowest BCUT2D eigenvalue weighted by Gasteiger charge is -2.22. The number of rotatable bonds is 3. The standard InChI is InChI=1S/C13H15BrCl2N2/c14-8-5-11(15)13(12(16)6-8)18-4-3-10(7-18)17-9-1-2-9/h5-6,9-10,17H,1-4,7H2. The van der Waals surface area contributed by atoms with Crippen LogP contribution in [0, 0.1) is 0 Å². The Bertz CT molecular complexity index is 439. The first-order valence-corrected chi connectivity index (χ1v) is 7.84. The van der Waals surface area contributed by atoms with E-state index in [2.05, 4.69) is 26.1 Å². The fourth-order valence-electron chi connectivity index (χ4n) is 2.52. The predicted octanol–water partition coefficient (Wildman–Crippen LogP) is 4.09. The second kappa shape index (κ2) is 5.20. The molecule has 3 rings (SSSR count). The minimum atomic E-state index is 0.577. The Morgan fingerprint density at radius 2 is 1.78 bits per heavy atom. The highest BCUT2D eigenvalue weighted by molar-refractivity contribution is 9.10. The SMILES string of the molecule is Clc1cc(Br)cc(Cl)c1N1CCC(NC2CC2)C1. The number of nitrogens with one attached hydrogen (secondary N) is 1. The molecule has 1 unspecified atom stereocenters. The van der Waals surface area contributed by atoms with Gasteiger partial charge in [-0.05, 0) is 31.4 Å². The molecule has 2 nitrogen and oxygen atoms in total. The maximum Gasteiger partial charge on any atom is 0.0746 e. The van der Waals surface area contributed by atoms with Gasteiger partial charge in [0.15, 0.2) is 0 Å². The molecule has 98 valence electrons. The highest BCUT2D eigenvalue weighted by Gasteiger charge is 2.30. The van der Waals surface area contributed by atoms with Crippen LogP contribution >= 0.6 is 39.1 Å². The van der Waals surface area contributed by atoms with Crippen molar-refractivity contribution in [3.8, 4) is 0 Å². The fraction of sp³-hybridized carbons (Fsp3) is 0.538. The van der Waals surface area contributed by atoms with E-state index in [0.717, 1.165) is 39.3 Å². The van der Waals surface area contributed by atoms with Crippen molar-refractivity contribution in [3.63, 3.8) is 0 Å². The average Bonchev–Trinajstić information content (AvgIpc) is 2.96. The molecule has 0 amide bonds. The van der Waals surface area contributed by atoms with Crippen molar-refractivity contribution >= 4 is 44.8 Å². The van der Waals surface area contributed by atoms with Gasteiger partial charge in [-0.3, -0.25) is 0 Å². The molecular formula is C13H15BrCl2N2. The summed E-state index contributed by atoms with van der Waals surface area (Å²) >= 11 is 16.0. The lowest BCUT2D eigenvalue weighted by atomic mass is 10.2. The van der Waals surface area contributed by atoms with Crippen LogP contribution in [0.3, 0.4) is 0 Å². The molecule has 1 aliphatic carbocycles. The van der Waals surface area contributed by atoms with Gasteiger partial charge in [0.1, 0.15) is 0 Å². The Labute approximate surface area is 126 Å². The lowest BCUT2D eigenvalue weighted by Crippen LogP contribution is -2.34. The van der Waals surface area contributed by atoms with Crippen molar-refractivity contribution < 1.29 is 0 Å². The van der Waals surface area contributed by atoms with E-state index in [0.29, 0.717) is 6.04 Å². The molecule has 1 aromatic carbocycles. The zero-order chi connectivity index (χ0) is 12.7. The maximum atomic E-state index is 6.30. The molecule has 18 heavy (non-hydrogen) atoms. The van der Waals surface area contributed by atoms with E-state index in [1.54, 1.807) is 0 Å². The smallest absolute Gasteiger partial charge is 0.0746 e. The zero-order valence-electron chi connectivity index (χ0n) is 9.93. The summed E-state index contributed by atoms with van der Waals surface area (Å²) in [6, 6.07) is 5.15. The Morgan fingerprint density at radius 1 is 1.11 bits per heavy atom. The van der Waals surface area contributed by atoms with Crippen LogP contribution in [0.4, 0.5) is 5.69 Å². The predicted molar refractivity (Wildman–Crippen MR) is 80.9 cm³/mol. The van der Waals surface area contributed by atoms with E-state index in [9.17, 15) is 0 Å². The topological polar surface area (TPSA) is 15.3 Å². The molecule has 5 heteroatoms. The van der Waals surface area contributed by atoms with Gasteiger partial charge >= 0.3 is 0 Å². The number of anilines is 1. The van der Waals surface area contributed by atoms with Gasteiger partial charge < -0.3 is 10.2 Å². The van der Waals surface area contributed by atoms with E-state index in [1.165, 1.54) is 19.3 Å².